The molecular weight excluding hydrogens is 572 g/mol. The highest BCUT2D eigenvalue weighted by atomic mass is 32.2. The van der Waals surface area contributed by atoms with Crippen molar-refractivity contribution in [2.24, 2.45) is 5.92 Å². The molecule has 3 aromatic heterocycles. The Kier molecular flexibility index (Phi) is 8.81. The van der Waals surface area contributed by atoms with Gasteiger partial charge in [-0.2, -0.15) is 0 Å². The number of carbonyl (C=O) groups is 2. The van der Waals surface area contributed by atoms with Crippen molar-refractivity contribution in [2.75, 3.05) is 68.1 Å². The summed E-state index contributed by atoms with van der Waals surface area (Å²) in [5.74, 6) is 2.50. The summed E-state index contributed by atoms with van der Waals surface area (Å²) in [6, 6.07) is 3.86. The van der Waals surface area contributed by atoms with E-state index in [1.165, 1.54) is 12.4 Å². The van der Waals surface area contributed by atoms with Crippen LogP contribution in [0.25, 0.3) is 11.4 Å². The number of thioether (sulfide) groups is 1. The summed E-state index contributed by atoms with van der Waals surface area (Å²) in [5.41, 5.74) is 3.49. The Morgan fingerprint density at radius 3 is 2.47 bits per heavy atom. The van der Waals surface area contributed by atoms with Gasteiger partial charge in [-0.25, -0.2) is 30.4 Å². The van der Waals surface area contributed by atoms with Crippen LogP contribution in [0.4, 0.5) is 17.6 Å². The van der Waals surface area contributed by atoms with Crippen molar-refractivity contribution in [2.45, 2.75) is 29.4 Å². The van der Waals surface area contributed by atoms with E-state index in [0.717, 1.165) is 66.8 Å². The number of nitrogens with zero attached hydrogens (tertiary/aromatic N) is 7. The minimum Gasteiger partial charge on any atom is -0.378 e. The van der Waals surface area contributed by atoms with Crippen LogP contribution in [0.15, 0.2) is 35.6 Å². The van der Waals surface area contributed by atoms with E-state index in [4.69, 9.17) is 19.9 Å². The van der Waals surface area contributed by atoms with Crippen molar-refractivity contribution in [3.8, 4) is 11.4 Å². The van der Waals surface area contributed by atoms with Crippen LogP contribution < -0.4 is 25.9 Å². The van der Waals surface area contributed by atoms with Crippen LogP contribution in [0.5, 0.6) is 0 Å². The highest BCUT2D eigenvalue weighted by Crippen LogP contribution is 2.43. The molecule has 2 saturated heterocycles. The number of hydrogen-bond acceptors (Lipinski definition) is 13. The number of amides is 2. The molecule has 4 N–H and O–H groups in total. The first-order chi connectivity index (χ1) is 21.0. The molecule has 3 aromatic rings. The summed E-state index contributed by atoms with van der Waals surface area (Å²) in [5, 5.41) is 14.7. The maximum absolute atomic E-state index is 13.4. The number of hydrogen-bond donors (Lipinski definition) is 4. The van der Waals surface area contributed by atoms with Gasteiger partial charge in [-0.1, -0.05) is 0 Å². The van der Waals surface area contributed by atoms with Crippen LogP contribution in [0, 0.1) is 5.92 Å². The molecule has 1 unspecified atom stereocenters. The Balaban J connectivity index is 1.07. The summed E-state index contributed by atoms with van der Waals surface area (Å²) >= 11 is 1.55. The molecule has 226 valence electrons. The molecule has 0 bridgehead atoms. The van der Waals surface area contributed by atoms with Gasteiger partial charge in [0.1, 0.15) is 11.6 Å². The van der Waals surface area contributed by atoms with Crippen LogP contribution in [0.1, 0.15) is 28.9 Å². The van der Waals surface area contributed by atoms with Gasteiger partial charge in [0.05, 0.1) is 34.6 Å². The molecule has 3 aliphatic heterocycles. The summed E-state index contributed by atoms with van der Waals surface area (Å²) in [7, 11) is 1.83. The third-order valence-corrected chi connectivity index (χ3v) is 9.22. The van der Waals surface area contributed by atoms with Crippen LogP contribution in [0.2, 0.25) is 0 Å². The smallest absolute Gasteiger partial charge is 0.277 e. The topological polar surface area (TPSA) is 171 Å². The van der Waals surface area contributed by atoms with Gasteiger partial charge in [0.25, 0.3) is 5.91 Å². The van der Waals surface area contributed by atoms with Gasteiger partial charge in [0.15, 0.2) is 5.82 Å². The van der Waals surface area contributed by atoms with Gasteiger partial charge in [-0.05, 0) is 30.9 Å². The maximum Gasteiger partial charge on any atom is 0.277 e. The second kappa shape index (κ2) is 13.1. The second-order valence-corrected chi connectivity index (χ2v) is 11.8. The number of carbonyl (C=O) groups excluding carboxylic acids is 2. The number of rotatable bonds is 8. The van der Waals surface area contributed by atoms with Crippen LogP contribution in [0.3, 0.4) is 0 Å². The van der Waals surface area contributed by atoms with Gasteiger partial charge < -0.3 is 25.2 Å². The van der Waals surface area contributed by atoms with Crippen molar-refractivity contribution in [3.63, 3.8) is 0 Å². The highest BCUT2D eigenvalue weighted by molar-refractivity contribution is 8.01. The van der Waals surface area contributed by atoms with Gasteiger partial charge in [-0.15, -0.1) is 11.8 Å². The Labute approximate surface area is 253 Å². The lowest BCUT2D eigenvalue weighted by Crippen LogP contribution is -2.41. The van der Waals surface area contributed by atoms with E-state index in [9.17, 15) is 9.59 Å². The monoisotopic (exact) mass is 606 g/mol. The molecule has 0 saturated carbocycles. The van der Waals surface area contributed by atoms with E-state index in [1.807, 2.05) is 19.2 Å². The van der Waals surface area contributed by atoms with Gasteiger partial charge in [0.2, 0.25) is 11.9 Å². The molecule has 2 fully saturated rings. The molecule has 3 aliphatic rings. The zero-order valence-corrected chi connectivity index (χ0v) is 24.6. The average Bonchev–Trinajstić information content (AvgIpc) is 3.52. The third kappa shape index (κ3) is 6.48. The maximum atomic E-state index is 13.4. The van der Waals surface area contributed by atoms with Gasteiger partial charge >= 0.3 is 0 Å². The normalized spacial score (nSPS) is 18.7. The first-order valence-electron chi connectivity index (χ1n) is 14.4. The molecule has 0 radical (unpaired) electrons. The minimum absolute atomic E-state index is 0.0148. The van der Waals surface area contributed by atoms with Crippen molar-refractivity contribution in [1.29, 1.82) is 0 Å². The van der Waals surface area contributed by atoms with E-state index in [-0.39, 0.29) is 16.7 Å². The van der Waals surface area contributed by atoms with Crippen molar-refractivity contribution in [1.82, 2.24) is 35.7 Å². The van der Waals surface area contributed by atoms with Crippen molar-refractivity contribution >= 4 is 41.2 Å². The molecule has 15 heteroatoms. The number of nitrogens with one attached hydrogen (secondary N) is 3. The van der Waals surface area contributed by atoms with E-state index < -0.39 is 5.91 Å². The lowest BCUT2D eigenvalue weighted by Gasteiger charge is -2.32. The fourth-order valence-electron chi connectivity index (χ4n) is 5.40. The number of ether oxygens (including phenoxy) is 1. The number of morpholine rings is 1. The average molecular weight is 607 g/mol. The largest absolute Gasteiger partial charge is 0.378 e. The molecule has 6 rings (SSSR count). The fraction of sp³-hybridized carbons (Fsp3) is 0.464. The number of fused-ring (bicyclic) bond motifs is 1. The number of piperidine rings is 1. The Morgan fingerprint density at radius 1 is 1.02 bits per heavy atom. The number of aromatic nitrogens is 5. The zero-order valence-electron chi connectivity index (χ0n) is 23.8. The molecule has 43 heavy (non-hydrogen) atoms. The van der Waals surface area contributed by atoms with E-state index >= 15 is 0 Å². The molecule has 1 atom stereocenters. The fourth-order valence-corrected chi connectivity index (χ4v) is 6.66. The molecule has 0 aromatic carbocycles. The first-order valence-corrected chi connectivity index (χ1v) is 15.2. The summed E-state index contributed by atoms with van der Waals surface area (Å²) in [6.45, 7) is 4.86. The SMILES string of the molecule is CNc1ccc(-c2nc3c(c(N4CCOCC4)n2)SC(C(=O)NCC2CCN(c4ncc(C(=O)NO)cn4)CC2)C3)cn1. The molecular formula is C28H34N10O4S. The lowest BCUT2D eigenvalue weighted by molar-refractivity contribution is -0.120. The molecule has 14 nitrogen and oxygen atoms in total. The Hall–Kier alpha value is -4.08. The second-order valence-electron chi connectivity index (χ2n) is 10.6. The third-order valence-electron chi connectivity index (χ3n) is 7.90. The predicted molar refractivity (Wildman–Crippen MR) is 160 cm³/mol. The van der Waals surface area contributed by atoms with E-state index in [2.05, 4.69) is 35.4 Å². The molecule has 0 aliphatic carbocycles. The molecule has 2 amide bonds. The van der Waals surface area contributed by atoms with E-state index in [1.54, 1.807) is 23.4 Å². The number of pyridine rings is 1. The van der Waals surface area contributed by atoms with Crippen LogP contribution in [-0.4, -0.2) is 100 Å². The molecule has 6 heterocycles. The summed E-state index contributed by atoms with van der Waals surface area (Å²) in [6.07, 6.45) is 6.87. The van der Waals surface area contributed by atoms with Gasteiger partial charge in [0, 0.05) is 70.3 Å². The Bertz CT molecular complexity index is 1450. The lowest BCUT2D eigenvalue weighted by atomic mass is 9.97. The predicted octanol–water partition coefficient (Wildman–Crippen LogP) is 1.38. The van der Waals surface area contributed by atoms with Crippen molar-refractivity contribution < 1.29 is 19.5 Å². The summed E-state index contributed by atoms with van der Waals surface area (Å²) in [4.78, 5) is 52.9. The Morgan fingerprint density at radius 2 is 1.79 bits per heavy atom. The number of anilines is 3. The quantitative estimate of drug-likeness (QED) is 0.214. The standard InChI is InChI=1S/C28H34N10O4S/c1-29-22-3-2-18(14-30-22)24-34-20-12-21(43-23(20)25(35-24)37-8-10-42-11-9-37)27(40)31-13-17-4-6-38(7-5-17)28-32-15-19(16-33-28)26(39)36-41/h2-3,14-17,21,41H,4-13H2,1H3,(H,29,30)(H,31,40)(H,36,39). The first kappa shape index (κ1) is 29.0. The van der Waals surface area contributed by atoms with Crippen LogP contribution in [-0.2, 0) is 16.0 Å². The van der Waals surface area contributed by atoms with Gasteiger partial charge in [-0.3, -0.25) is 14.8 Å². The van der Waals surface area contributed by atoms with Crippen LogP contribution >= 0.6 is 11.8 Å². The highest BCUT2D eigenvalue weighted by Gasteiger charge is 2.35. The summed E-state index contributed by atoms with van der Waals surface area (Å²) < 4.78 is 5.57. The number of hydroxylamine groups is 1. The molecule has 0 spiro atoms. The van der Waals surface area contributed by atoms with Crippen molar-refractivity contribution in [3.05, 3.63) is 42.0 Å². The minimum atomic E-state index is -0.647. The zero-order chi connectivity index (χ0) is 29.8. The van der Waals surface area contributed by atoms with E-state index in [0.29, 0.717) is 43.9 Å².